The molecular weight excluding hydrogens is 1020 g/mol. The molecule has 18 nitrogen and oxygen atoms in total. The van der Waals surface area contributed by atoms with Crippen LogP contribution < -0.4 is 21.3 Å². The number of ketones is 1. The third kappa shape index (κ3) is 23.9. The van der Waals surface area contributed by atoms with Crippen molar-refractivity contribution in [2.75, 3.05) is 79.4 Å². The number of alkyl carbamates (subject to hydrolysis) is 2. The summed E-state index contributed by atoms with van der Waals surface area (Å²) >= 11 is 0. The molecule has 2 saturated heterocycles. The molecule has 0 spiro atoms. The normalized spacial score (nSPS) is 14.6. The van der Waals surface area contributed by atoms with E-state index in [-0.39, 0.29) is 13.1 Å². The maximum Gasteiger partial charge on any atom is 0.407 e. The number of hydrogen-bond acceptors (Lipinski definition) is 14. The van der Waals surface area contributed by atoms with Gasteiger partial charge in [0, 0.05) is 68.1 Å². The number of nitrogens with zero attached hydrogens (tertiary/aromatic N) is 2. The summed E-state index contributed by atoms with van der Waals surface area (Å²) in [5.74, 6) is 9.75. The van der Waals surface area contributed by atoms with Crippen LogP contribution in [0.5, 0.6) is 0 Å². The molecule has 2 aliphatic heterocycles. The van der Waals surface area contributed by atoms with Gasteiger partial charge < -0.3 is 50.1 Å². The molecule has 2 aliphatic rings. The molecule has 0 radical (unpaired) electrons. The number of allylic oxidation sites excluding steroid dienone is 2. The van der Waals surface area contributed by atoms with Crippen molar-refractivity contribution < 1.29 is 57.6 Å². The highest BCUT2D eigenvalue weighted by Crippen LogP contribution is 2.14. The summed E-state index contributed by atoms with van der Waals surface area (Å²) < 4.78 is 25.8. The zero-order chi connectivity index (χ0) is 57.9. The first-order valence-corrected chi connectivity index (χ1v) is 26.4. The second kappa shape index (κ2) is 32.1. The Bertz CT molecular complexity index is 2660. The first kappa shape index (κ1) is 62.7. The summed E-state index contributed by atoms with van der Waals surface area (Å²) in [4.78, 5) is 78.1. The van der Waals surface area contributed by atoms with Gasteiger partial charge in [0.05, 0.1) is 40.1 Å². The van der Waals surface area contributed by atoms with E-state index in [1.165, 1.54) is 18.2 Å². The van der Waals surface area contributed by atoms with Gasteiger partial charge in [-0.15, -0.1) is 0 Å². The van der Waals surface area contributed by atoms with E-state index in [0.717, 1.165) is 87.9 Å². The molecular formula is C62H74N6O12. The Labute approximate surface area is 469 Å². The molecule has 0 aliphatic carbocycles. The molecule has 2 fully saturated rings. The molecule has 2 heterocycles. The van der Waals surface area contributed by atoms with Crippen LogP contribution in [-0.2, 0) is 46.4 Å². The number of amides is 4. The minimum Gasteiger partial charge on any atom is -0.467 e. The number of carbonyl (C=O) groups is 6. The van der Waals surface area contributed by atoms with Crippen LogP contribution in [-0.4, -0.2) is 153 Å². The Balaban J connectivity index is 0.000000294. The highest BCUT2D eigenvalue weighted by Gasteiger charge is 2.26. The maximum absolute atomic E-state index is 12.7. The minimum atomic E-state index is -1.11. The third-order valence-corrected chi connectivity index (χ3v) is 11.8. The highest BCUT2D eigenvalue weighted by atomic mass is 16.6. The van der Waals surface area contributed by atoms with Gasteiger partial charge in [-0.2, -0.15) is 0 Å². The molecule has 4 aromatic rings. The highest BCUT2D eigenvalue weighted by molar-refractivity contribution is 5.99. The lowest BCUT2D eigenvalue weighted by atomic mass is 10.1. The van der Waals surface area contributed by atoms with Crippen LogP contribution in [0, 0.1) is 23.7 Å². The molecule has 0 saturated carbocycles. The Morgan fingerprint density at radius 2 is 0.950 bits per heavy atom. The van der Waals surface area contributed by atoms with Gasteiger partial charge in [-0.1, -0.05) is 72.2 Å². The van der Waals surface area contributed by atoms with Crippen LogP contribution in [0.4, 0.5) is 9.59 Å². The zero-order valence-corrected chi connectivity index (χ0v) is 46.7. The molecule has 5 N–H and O–H groups in total. The summed E-state index contributed by atoms with van der Waals surface area (Å²) in [7, 11) is 1.21. The topological polar surface area (TPSA) is 223 Å². The van der Waals surface area contributed by atoms with E-state index in [1.54, 1.807) is 102 Å². The van der Waals surface area contributed by atoms with Crippen LogP contribution in [0.3, 0.4) is 0 Å². The van der Waals surface area contributed by atoms with Gasteiger partial charge in [-0.05, 0) is 137 Å². The van der Waals surface area contributed by atoms with Crippen molar-refractivity contribution in [3.63, 3.8) is 0 Å². The Morgan fingerprint density at radius 1 is 0.575 bits per heavy atom. The van der Waals surface area contributed by atoms with Gasteiger partial charge in [0.25, 0.3) is 11.8 Å². The number of hydrogen-bond donors (Lipinski definition) is 5. The molecule has 2 atom stereocenters. The lowest BCUT2D eigenvalue weighted by Gasteiger charge is -2.26. The Kier molecular flexibility index (Phi) is 25.2. The second-order valence-electron chi connectivity index (χ2n) is 20.6. The first-order chi connectivity index (χ1) is 38.2. The average Bonchev–Trinajstić information content (AvgIpc) is 3.45. The van der Waals surface area contributed by atoms with E-state index in [1.807, 2.05) is 12.2 Å². The summed E-state index contributed by atoms with van der Waals surface area (Å²) in [5, 5.41) is 19.3. The van der Waals surface area contributed by atoms with Gasteiger partial charge in [0.2, 0.25) is 0 Å². The molecule has 0 aromatic heterocycles. The Morgan fingerprint density at radius 3 is 1.31 bits per heavy atom. The van der Waals surface area contributed by atoms with Crippen LogP contribution >= 0.6 is 0 Å². The van der Waals surface area contributed by atoms with E-state index < -0.39 is 65.6 Å². The van der Waals surface area contributed by atoms with Crippen molar-refractivity contribution in [2.24, 2.45) is 0 Å². The number of aliphatic hydroxyl groups is 1. The molecule has 18 heteroatoms. The van der Waals surface area contributed by atoms with Crippen molar-refractivity contribution in [3.8, 4) is 23.7 Å². The largest absolute Gasteiger partial charge is 0.467 e. The smallest absolute Gasteiger partial charge is 0.407 e. The number of carbonyl (C=O) groups excluding carboxylic acids is 6. The van der Waals surface area contributed by atoms with Crippen LogP contribution in [0.2, 0.25) is 0 Å². The van der Waals surface area contributed by atoms with Crippen molar-refractivity contribution >= 4 is 47.9 Å². The zero-order valence-electron chi connectivity index (χ0n) is 46.7. The van der Waals surface area contributed by atoms with Gasteiger partial charge in [-0.25, -0.2) is 14.4 Å². The van der Waals surface area contributed by atoms with Crippen molar-refractivity contribution in [3.05, 3.63) is 154 Å². The molecule has 0 unspecified atom stereocenters. The fraction of sp³-hybridized carbons (Fsp3) is 0.387. The SMILES string of the molecule is CC(C)(C)OC(=O)NC[C@H](NC(=O)c1ccc(C#C/C=C\c2ccc(CN3CCOCC3)cc2)cc1)C(=O)CO.COC(=O)[C@H](CNC(=O)OC(C)(C)C)NC(=O)c1ccc(C#C/C=C\c2ccc(CN3CCOCC3)cc2)cc1. The predicted molar refractivity (Wildman–Crippen MR) is 305 cm³/mol. The van der Waals surface area contributed by atoms with E-state index in [9.17, 15) is 33.9 Å². The van der Waals surface area contributed by atoms with Gasteiger partial charge in [-0.3, -0.25) is 24.2 Å². The maximum atomic E-state index is 12.7. The molecule has 4 aromatic carbocycles. The number of benzene rings is 4. The first-order valence-electron chi connectivity index (χ1n) is 26.4. The molecule has 6 rings (SSSR count). The molecule has 4 amide bonds. The number of esters is 1. The van der Waals surface area contributed by atoms with Crippen LogP contribution in [0.1, 0.15) is 95.6 Å². The molecule has 424 valence electrons. The van der Waals surface area contributed by atoms with Crippen molar-refractivity contribution in [1.29, 1.82) is 0 Å². The summed E-state index contributed by atoms with van der Waals surface area (Å²) in [6, 6.07) is 27.9. The monoisotopic (exact) mass is 1090 g/mol. The summed E-state index contributed by atoms with van der Waals surface area (Å²) in [5.41, 5.74) is 5.36. The number of methoxy groups -OCH3 is 1. The fourth-order valence-corrected chi connectivity index (χ4v) is 7.61. The van der Waals surface area contributed by atoms with Gasteiger partial charge in [0.15, 0.2) is 5.78 Å². The van der Waals surface area contributed by atoms with Crippen molar-refractivity contribution in [2.45, 2.75) is 77.9 Å². The number of nitrogens with one attached hydrogen (secondary N) is 4. The van der Waals surface area contributed by atoms with E-state index in [4.69, 9.17) is 23.7 Å². The van der Waals surface area contributed by atoms with Gasteiger partial charge >= 0.3 is 18.2 Å². The number of aliphatic hydroxyl groups excluding tert-OH is 1. The summed E-state index contributed by atoms with van der Waals surface area (Å²) in [6.07, 6.45) is 6.03. The minimum absolute atomic E-state index is 0.181. The lowest BCUT2D eigenvalue weighted by molar-refractivity contribution is -0.142. The quantitative estimate of drug-likeness (QED) is 0.0455. The number of Topliss-reactive ketones (excluding diaryl/α,β-unsaturated/α-hetero) is 1. The lowest BCUT2D eigenvalue weighted by Crippen LogP contribution is -2.50. The van der Waals surface area contributed by atoms with Gasteiger partial charge in [0.1, 0.15) is 29.9 Å². The third-order valence-electron chi connectivity index (χ3n) is 11.8. The molecule has 80 heavy (non-hydrogen) atoms. The summed E-state index contributed by atoms with van der Waals surface area (Å²) in [6.45, 7) is 18.0. The van der Waals surface area contributed by atoms with Crippen molar-refractivity contribution in [1.82, 2.24) is 31.1 Å². The fourth-order valence-electron chi connectivity index (χ4n) is 7.61. The average molecular weight is 1100 g/mol. The van der Waals surface area contributed by atoms with E-state index in [0.29, 0.717) is 11.1 Å². The van der Waals surface area contributed by atoms with E-state index in [2.05, 4.69) is 103 Å². The van der Waals surface area contributed by atoms with E-state index >= 15 is 0 Å². The number of rotatable bonds is 17. The molecule has 0 bridgehead atoms. The Hall–Kier alpha value is -8.10. The number of ether oxygens (including phenoxy) is 5. The standard InChI is InChI=1S/2C31H37N3O6/c1-31(2,3)40-30(37)32-21-27(29(36)38-4)33-28(35)26-15-13-24(14-16-26)8-6-5-7-23-9-11-25(12-10-23)22-34-17-19-39-20-18-34;1-31(2,3)40-30(38)32-20-27(28(36)22-35)33-29(37)26-14-12-24(13-15-26)7-5-4-6-23-8-10-25(11-9-23)21-34-16-18-39-19-17-34/h5,7,9-16,27H,17-22H2,1-4H3,(H,32,37)(H,33,35);4,6,8-15,27,35H,16-22H2,1-3H3,(H,32,38)(H,33,37)/b7-5-;6-4-/t2*27-/m00/s1. The predicted octanol–water partition coefficient (Wildman–Crippen LogP) is 6.15. The van der Waals surface area contributed by atoms with Crippen LogP contribution in [0.15, 0.2) is 109 Å². The van der Waals surface area contributed by atoms with Crippen LogP contribution in [0.25, 0.3) is 12.2 Å². The second-order valence-corrected chi connectivity index (χ2v) is 20.6. The number of morpholine rings is 2.